The number of nitrogens with zero attached hydrogens (tertiary/aromatic N) is 4. The summed E-state index contributed by atoms with van der Waals surface area (Å²) in [5, 5.41) is 5.98. The fourth-order valence-corrected chi connectivity index (χ4v) is 6.43. The van der Waals surface area contributed by atoms with Crippen LogP contribution in [-0.4, -0.2) is 63.5 Å². The molecule has 3 aromatic rings. The first-order chi connectivity index (χ1) is 20.7. The highest BCUT2D eigenvalue weighted by Crippen LogP contribution is 2.42. The van der Waals surface area contributed by atoms with Gasteiger partial charge in [-0.05, 0) is 32.4 Å². The Balaban J connectivity index is 1.41. The molecule has 1 aliphatic rings. The number of nitrogen functional groups attached to an aromatic ring is 1. The third kappa shape index (κ3) is 8.58. The Morgan fingerprint density at radius 3 is 2.67 bits per heavy atom. The number of carbonyl (C=O) groups excluding carboxylic acids is 2. The first kappa shape index (κ1) is 32.5. The Bertz CT molecular complexity index is 1420. The van der Waals surface area contributed by atoms with Crippen LogP contribution in [0.25, 0.3) is 11.2 Å². The molecule has 234 valence electrons. The van der Waals surface area contributed by atoms with Gasteiger partial charge in [-0.25, -0.2) is 10.1 Å². The average molecular weight is 618 g/mol. The van der Waals surface area contributed by atoms with Crippen molar-refractivity contribution in [1.29, 1.82) is 0 Å². The average Bonchev–Trinajstić information content (AvgIpc) is 3.64. The Kier molecular flexibility index (Phi) is 11.6. The van der Waals surface area contributed by atoms with E-state index < -0.39 is 32.0 Å². The summed E-state index contributed by atoms with van der Waals surface area (Å²) in [6, 6.07) is 7.64. The molecule has 43 heavy (non-hydrogen) atoms. The van der Waals surface area contributed by atoms with Crippen molar-refractivity contribution in [3.8, 4) is 0 Å². The summed E-state index contributed by atoms with van der Waals surface area (Å²) in [5.74, 6) is -0.524. The Hall–Kier alpha value is -3.42. The molecule has 4 rings (SSSR count). The van der Waals surface area contributed by atoms with Gasteiger partial charge >= 0.3 is 13.5 Å². The number of aromatic nitrogens is 4. The van der Waals surface area contributed by atoms with Gasteiger partial charge in [0.25, 0.3) is 0 Å². The van der Waals surface area contributed by atoms with E-state index in [2.05, 4.69) is 32.3 Å². The van der Waals surface area contributed by atoms with E-state index in [0.717, 1.165) is 32.1 Å². The molecule has 0 radical (unpaired) electrons. The molecule has 0 aliphatic carbocycles. The van der Waals surface area contributed by atoms with Gasteiger partial charge in [0.2, 0.25) is 11.9 Å². The highest BCUT2D eigenvalue weighted by atomic mass is 31.2. The summed E-state index contributed by atoms with van der Waals surface area (Å²) in [7, 11) is -3.73. The molecule has 1 fully saturated rings. The van der Waals surface area contributed by atoms with Crippen LogP contribution >= 0.6 is 7.52 Å². The van der Waals surface area contributed by atoms with Crippen LogP contribution in [0.1, 0.15) is 65.5 Å². The summed E-state index contributed by atoms with van der Waals surface area (Å²) in [5.41, 5.74) is 6.69. The van der Waals surface area contributed by atoms with E-state index in [9.17, 15) is 14.2 Å². The largest absolute Gasteiger partial charge is 0.465 e. The Morgan fingerprint density at radius 1 is 1.16 bits per heavy atom. The van der Waals surface area contributed by atoms with Gasteiger partial charge in [0.15, 0.2) is 29.5 Å². The topological polar surface area (TPSA) is 182 Å². The Labute approximate surface area is 250 Å². The lowest BCUT2D eigenvalue weighted by atomic mass is 10.1. The molecule has 0 spiro atoms. The van der Waals surface area contributed by atoms with Gasteiger partial charge < -0.3 is 29.8 Å². The number of carbonyl (C=O) groups is 2. The number of fused-ring (bicyclic) bond motifs is 1. The number of imidazole rings is 1. The zero-order valence-corrected chi connectivity index (χ0v) is 25.6. The first-order valence-corrected chi connectivity index (χ1v) is 16.2. The van der Waals surface area contributed by atoms with E-state index in [-0.39, 0.29) is 37.5 Å². The van der Waals surface area contributed by atoms with Gasteiger partial charge in [0, 0.05) is 6.42 Å². The second-order valence-corrected chi connectivity index (χ2v) is 12.2. The lowest BCUT2D eigenvalue weighted by Gasteiger charge is -2.24. The Morgan fingerprint density at radius 2 is 1.93 bits per heavy atom. The lowest BCUT2D eigenvalue weighted by Crippen LogP contribution is -2.37. The molecule has 4 N–H and O–H groups in total. The van der Waals surface area contributed by atoms with Crippen LogP contribution in [0.15, 0.2) is 36.7 Å². The highest BCUT2D eigenvalue weighted by molar-refractivity contribution is 7.65. The fourth-order valence-electron chi connectivity index (χ4n) is 4.54. The van der Waals surface area contributed by atoms with E-state index in [1.54, 1.807) is 48.7 Å². The molecule has 1 aromatic carbocycles. The van der Waals surface area contributed by atoms with Crippen LogP contribution in [-0.2, 0) is 32.9 Å². The van der Waals surface area contributed by atoms with E-state index >= 15 is 0 Å². The third-order valence-electron chi connectivity index (χ3n) is 6.74. The molecule has 3 heterocycles. The summed E-state index contributed by atoms with van der Waals surface area (Å²) in [4.78, 5) is 37.6. The molecule has 1 saturated heterocycles. The minimum absolute atomic E-state index is 0.0307. The monoisotopic (exact) mass is 617 g/mol. The van der Waals surface area contributed by atoms with Crippen molar-refractivity contribution in [2.24, 2.45) is 0 Å². The fraction of sp³-hybridized carbons (Fsp3) is 0.536. The molecule has 0 saturated carbocycles. The van der Waals surface area contributed by atoms with E-state index in [4.69, 9.17) is 24.5 Å². The van der Waals surface area contributed by atoms with Gasteiger partial charge in [0.05, 0.1) is 24.8 Å². The van der Waals surface area contributed by atoms with Crippen molar-refractivity contribution in [2.75, 3.05) is 30.9 Å². The number of benzene rings is 1. The summed E-state index contributed by atoms with van der Waals surface area (Å²) >= 11 is 0. The van der Waals surface area contributed by atoms with Gasteiger partial charge in [0.1, 0.15) is 12.6 Å². The minimum atomic E-state index is -3.73. The van der Waals surface area contributed by atoms with E-state index in [0.29, 0.717) is 22.9 Å². The second kappa shape index (κ2) is 15.3. The van der Waals surface area contributed by atoms with Crippen molar-refractivity contribution >= 4 is 47.6 Å². The zero-order valence-electron chi connectivity index (χ0n) is 24.7. The number of ether oxygens (including phenoxy) is 3. The predicted octanol–water partition coefficient (Wildman–Crippen LogP) is 3.66. The third-order valence-corrected chi connectivity index (χ3v) is 8.96. The van der Waals surface area contributed by atoms with Crippen molar-refractivity contribution in [3.63, 3.8) is 0 Å². The number of rotatable bonds is 16. The smallest absolute Gasteiger partial charge is 0.323 e. The molecule has 1 unspecified atom stereocenters. The quantitative estimate of drug-likeness (QED) is 0.121. The zero-order chi connectivity index (χ0) is 30.8. The number of hydrogen-bond acceptors (Lipinski definition) is 11. The van der Waals surface area contributed by atoms with Crippen LogP contribution in [0.5, 0.6) is 0 Å². The van der Waals surface area contributed by atoms with Gasteiger partial charge in [-0.15, -0.1) is 0 Å². The number of nitrogens with two attached hydrogens (primary N) is 1. The molecule has 1 amide bonds. The maximum absolute atomic E-state index is 13.9. The number of nitrogens with one attached hydrogen (secondary N) is 2. The van der Waals surface area contributed by atoms with Crippen molar-refractivity contribution in [2.45, 2.75) is 77.9 Å². The molecule has 0 bridgehead atoms. The van der Waals surface area contributed by atoms with Gasteiger partial charge in [-0.2, -0.15) is 9.97 Å². The molecule has 14 nitrogen and oxygen atoms in total. The maximum Gasteiger partial charge on any atom is 0.323 e. The lowest BCUT2D eigenvalue weighted by molar-refractivity contribution is -0.144. The SMILES string of the molecule is CCCCCCCC(=O)Nc1nc(N)nc2c1ncn2[C@H]1CO[C@@H](COP(=O)(N[C@@H](C)C(=O)OCC)c2ccccc2)O1. The van der Waals surface area contributed by atoms with Crippen LogP contribution in [0, 0.1) is 0 Å². The minimum Gasteiger partial charge on any atom is -0.465 e. The summed E-state index contributed by atoms with van der Waals surface area (Å²) in [6.45, 7) is 5.50. The maximum atomic E-state index is 13.9. The normalized spacial score (nSPS) is 18.8. The first-order valence-electron chi connectivity index (χ1n) is 14.6. The van der Waals surface area contributed by atoms with Crippen LogP contribution in [0.3, 0.4) is 0 Å². The van der Waals surface area contributed by atoms with Crippen molar-refractivity contribution in [1.82, 2.24) is 24.6 Å². The molecule has 15 heteroatoms. The molecular formula is C28H40N7O7P. The number of amides is 1. The van der Waals surface area contributed by atoms with Crippen LogP contribution in [0.2, 0.25) is 0 Å². The van der Waals surface area contributed by atoms with Crippen LogP contribution < -0.4 is 21.4 Å². The van der Waals surface area contributed by atoms with Crippen LogP contribution in [0.4, 0.5) is 11.8 Å². The number of hydrogen-bond donors (Lipinski definition) is 3. The molecule has 1 aliphatic heterocycles. The summed E-state index contributed by atoms with van der Waals surface area (Å²) < 4.78 is 38.3. The molecule has 4 atom stereocenters. The second-order valence-electron chi connectivity index (χ2n) is 10.1. The van der Waals surface area contributed by atoms with Crippen molar-refractivity contribution < 1.29 is 32.9 Å². The summed E-state index contributed by atoms with van der Waals surface area (Å²) in [6.07, 6.45) is 5.51. The molecule has 2 aromatic heterocycles. The molecular weight excluding hydrogens is 577 g/mol. The standard InChI is InChI=1S/C28H40N7O7P/c1-4-6-7-8-12-15-21(36)31-25-24-26(33-28(29)32-25)35(18-30-24)22-16-40-23(42-22)17-41-43(38,20-13-10-9-11-14-20)34-19(3)27(37)39-5-2/h9-11,13-14,18-19,22-23H,4-8,12,15-17H2,1-3H3,(H,34,38)(H3,29,31,32,33,36)/t19-,22+,23+,43?/m0/s1. The number of unbranched alkanes of at least 4 members (excludes halogenated alkanes) is 4. The van der Waals surface area contributed by atoms with Gasteiger partial charge in [-0.1, -0.05) is 50.8 Å². The van der Waals surface area contributed by atoms with E-state index in [1.165, 1.54) is 6.33 Å². The van der Waals surface area contributed by atoms with E-state index in [1.807, 2.05) is 0 Å². The number of esters is 1. The highest BCUT2D eigenvalue weighted by Gasteiger charge is 2.35. The van der Waals surface area contributed by atoms with Crippen molar-refractivity contribution in [3.05, 3.63) is 36.7 Å². The predicted molar refractivity (Wildman–Crippen MR) is 160 cm³/mol. The number of anilines is 2. The van der Waals surface area contributed by atoms with Gasteiger partial charge in [-0.3, -0.25) is 18.7 Å².